The molecule has 1 amide bonds. The maximum absolute atomic E-state index is 12.2. The first kappa shape index (κ1) is 16.0. The molecule has 0 fully saturated rings. The lowest BCUT2D eigenvalue weighted by atomic mass is 10.2. The molecule has 0 unspecified atom stereocenters. The average molecular weight is 329 g/mol. The van der Waals surface area contributed by atoms with Crippen molar-refractivity contribution < 1.29 is 18.3 Å². The maximum atomic E-state index is 12.2. The molecular weight excluding hydrogens is 318 g/mol. The summed E-state index contributed by atoms with van der Waals surface area (Å²) in [6.45, 7) is -1.36. The Labute approximate surface area is 128 Å². The van der Waals surface area contributed by atoms with E-state index in [0.29, 0.717) is 5.69 Å². The van der Waals surface area contributed by atoms with E-state index in [1.807, 2.05) is 0 Å². The molecule has 0 aliphatic carbocycles. The topological polar surface area (TPSA) is 71.2 Å². The number of amides is 1. The van der Waals surface area contributed by atoms with Crippen LogP contribution in [0.1, 0.15) is 16.1 Å². The van der Waals surface area contributed by atoms with Gasteiger partial charge in [0.2, 0.25) is 0 Å². The first-order valence-corrected chi connectivity index (χ1v) is 6.49. The third-order valence-corrected chi connectivity index (χ3v) is 3.02. The monoisotopic (exact) mass is 328 g/mol. The molecule has 1 heterocycles. The predicted octanol–water partition coefficient (Wildman–Crippen LogP) is 3.19. The third-order valence-electron chi connectivity index (χ3n) is 2.71. The van der Waals surface area contributed by atoms with Crippen LogP contribution < -0.4 is 15.5 Å². The van der Waals surface area contributed by atoms with E-state index in [1.165, 1.54) is 24.4 Å². The molecule has 8 heteroatoms. The van der Waals surface area contributed by atoms with Crippen LogP contribution in [0.25, 0.3) is 0 Å². The van der Waals surface area contributed by atoms with Gasteiger partial charge in [-0.25, -0.2) is 0 Å². The van der Waals surface area contributed by atoms with Crippen LogP contribution in [0.2, 0.25) is 5.02 Å². The summed E-state index contributed by atoms with van der Waals surface area (Å²) in [5.41, 5.74) is 0.231. The number of benzene rings is 1. The molecule has 0 spiro atoms. The van der Waals surface area contributed by atoms with E-state index in [1.54, 1.807) is 6.92 Å². The largest absolute Gasteiger partial charge is 0.433 e. The number of nitrogens with one attached hydrogen (secondary N) is 2. The van der Waals surface area contributed by atoms with Crippen molar-refractivity contribution >= 4 is 23.2 Å². The van der Waals surface area contributed by atoms with Gasteiger partial charge in [-0.1, -0.05) is 11.6 Å². The number of rotatable bonds is 4. The highest BCUT2D eigenvalue weighted by Gasteiger charge is 2.13. The van der Waals surface area contributed by atoms with Crippen molar-refractivity contribution in [1.29, 1.82) is 0 Å². The van der Waals surface area contributed by atoms with E-state index in [-0.39, 0.29) is 22.0 Å². The molecule has 1 aromatic heterocycles. The fraction of sp³-hybridized carbons (Fsp3) is 0.143. The molecule has 0 saturated heterocycles. The first-order valence-electron chi connectivity index (χ1n) is 6.12. The summed E-state index contributed by atoms with van der Waals surface area (Å²) >= 11 is 5.71. The van der Waals surface area contributed by atoms with Crippen molar-refractivity contribution in [1.82, 2.24) is 4.98 Å². The number of carbonyl (C=O) groups excluding carboxylic acids is 1. The number of halogens is 3. The van der Waals surface area contributed by atoms with Gasteiger partial charge in [0, 0.05) is 29.7 Å². The molecule has 0 atom stereocenters. The van der Waals surface area contributed by atoms with Gasteiger partial charge in [0.25, 0.3) is 5.91 Å². The number of aromatic amines is 1. The second kappa shape index (κ2) is 6.57. The zero-order chi connectivity index (χ0) is 16.3. The molecule has 0 saturated carbocycles. The van der Waals surface area contributed by atoms with Crippen molar-refractivity contribution in [2.45, 2.75) is 13.5 Å². The molecule has 2 rings (SSSR count). The summed E-state index contributed by atoms with van der Waals surface area (Å²) < 4.78 is 28.7. The normalized spacial score (nSPS) is 10.6. The van der Waals surface area contributed by atoms with Crippen LogP contribution in [0.4, 0.5) is 14.5 Å². The lowest BCUT2D eigenvalue weighted by Crippen LogP contribution is -2.21. The van der Waals surface area contributed by atoms with Gasteiger partial charge in [-0.2, -0.15) is 8.78 Å². The van der Waals surface area contributed by atoms with Crippen molar-refractivity contribution in [3.8, 4) is 5.75 Å². The summed E-state index contributed by atoms with van der Waals surface area (Å²) in [7, 11) is 0. The van der Waals surface area contributed by atoms with Gasteiger partial charge < -0.3 is 15.0 Å². The van der Waals surface area contributed by atoms with Gasteiger partial charge >= 0.3 is 6.61 Å². The number of aryl methyl sites for hydroxylation is 1. The Morgan fingerprint density at radius 1 is 1.36 bits per heavy atom. The van der Waals surface area contributed by atoms with Crippen molar-refractivity contribution in [2.75, 3.05) is 5.32 Å². The summed E-state index contributed by atoms with van der Waals surface area (Å²) in [6, 6.07) is 5.13. The number of carbonyl (C=O) groups is 1. The van der Waals surface area contributed by atoms with Gasteiger partial charge in [0.1, 0.15) is 11.3 Å². The Bertz CT molecular complexity index is 762. The van der Waals surface area contributed by atoms with Crippen LogP contribution >= 0.6 is 11.6 Å². The zero-order valence-electron chi connectivity index (χ0n) is 11.3. The van der Waals surface area contributed by atoms with Crippen molar-refractivity contribution in [3.63, 3.8) is 0 Å². The van der Waals surface area contributed by atoms with E-state index in [4.69, 9.17) is 11.6 Å². The number of hydrogen-bond acceptors (Lipinski definition) is 3. The van der Waals surface area contributed by atoms with Crippen LogP contribution in [-0.4, -0.2) is 17.5 Å². The summed E-state index contributed by atoms with van der Waals surface area (Å²) in [5.74, 6) is -0.946. The molecule has 0 radical (unpaired) electrons. The fourth-order valence-corrected chi connectivity index (χ4v) is 1.88. The molecule has 116 valence electrons. The number of H-pyrrole nitrogens is 1. The van der Waals surface area contributed by atoms with Gasteiger partial charge in [0.15, 0.2) is 5.43 Å². The molecule has 0 aliphatic rings. The van der Waals surface area contributed by atoms with E-state index < -0.39 is 17.9 Å². The Morgan fingerprint density at radius 3 is 2.73 bits per heavy atom. The van der Waals surface area contributed by atoms with Gasteiger partial charge in [-0.3, -0.25) is 9.59 Å². The quantitative estimate of drug-likeness (QED) is 0.905. The number of ether oxygens (including phenoxy) is 1. The van der Waals surface area contributed by atoms with Crippen LogP contribution in [0.15, 0.2) is 35.3 Å². The second-order valence-corrected chi connectivity index (χ2v) is 4.78. The van der Waals surface area contributed by atoms with Gasteiger partial charge in [-0.15, -0.1) is 0 Å². The minimum atomic E-state index is -3.04. The lowest BCUT2D eigenvalue weighted by molar-refractivity contribution is -0.0497. The smallest absolute Gasteiger partial charge is 0.387 e. The molecular formula is C14H11ClF2N2O3. The van der Waals surface area contributed by atoms with Crippen LogP contribution in [-0.2, 0) is 0 Å². The molecule has 5 nitrogen and oxygen atoms in total. The fourth-order valence-electron chi connectivity index (χ4n) is 1.72. The highest BCUT2D eigenvalue weighted by atomic mass is 35.5. The van der Waals surface area contributed by atoms with E-state index >= 15 is 0 Å². The lowest BCUT2D eigenvalue weighted by Gasteiger charge is -2.10. The molecule has 2 N–H and O–H groups in total. The standard InChI is InChI=1S/C14H11ClF2N2O3/c1-7-4-11(20)9(6-18-7)13(21)19-8-2-3-10(15)12(5-8)22-14(16)17/h2-6,14H,1H3,(H,18,20)(H,19,21). The molecule has 1 aromatic carbocycles. The minimum absolute atomic E-state index is 0.0218. The second-order valence-electron chi connectivity index (χ2n) is 4.37. The highest BCUT2D eigenvalue weighted by molar-refractivity contribution is 6.32. The molecule has 22 heavy (non-hydrogen) atoms. The Hall–Kier alpha value is -2.41. The van der Waals surface area contributed by atoms with E-state index in [9.17, 15) is 18.4 Å². The Balaban J connectivity index is 2.23. The average Bonchev–Trinajstić information content (AvgIpc) is 2.41. The summed E-state index contributed by atoms with van der Waals surface area (Å²) in [6.07, 6.45) is 1.28. The SMILES string of the molecule is Cc1cc(=O)c(C(=O)Nc2ccc(Cl)c(OC(F)F)c2)c[nH]1. The summed E-state index contributed by atoms with van der Waals surface area (Å²) in [4.78, 5) is 26.5. The molecule has 0 aliphatic heterocycles. The van der Waals surface area contributed by atoms with Crippen molar-refractivity contribution in [2.24, 2.45) is 0 Å². The maximum Gasteiger partial charge on any atom is 0.387 e. The Morgan fingerprint density at radius 2 is 2.09 bits per heavy atom. The van der Waals surface area contributed by atoms with E-state index in [2.05, 4.69) is 15.0 Å². The molecule has 0 bridgehead atoms. The highest BCUT2D eigenvalue weighted by Crippen LogP contribution is 2.29. The summed E-state index contributed by atoms with van der Waals surface area (Å²) in [5, 5.41) is 2.40. The Kier molecular flexibility index (Phi) is 4.77. The molecule has 2 aromatic rings. The third kappa shape index (κ3) is 3.82. The first-order chi connectivity index (χ1) is 10.4. The zero-order valence-corrected chi connectivity index (χ0v) is 12.1. The number of pyridine rings is 1. The van der Waals surface area contributed by atoms with Gasteiger partial charge in [-0.05, 0) is 19.1 Å². The van der Waals surface area contributed by atoms with Crippen LogP contribution in [0, 0.1) is 6.92 Å². The number of anilines is 1. The van der Waals surface area contributed by atoms with Crippen LogP contribution in [0.3, 0.4) is 0 Å². The minimum Gasteiger partial charge on any atom is -0.433 e. The number of aromatic nitrogens is 1. The van der Waals surface area contributed by atoms with E-state index in [0.717, 1.165) is 6.07 Å². The van der Waals surface area contributed by atoms with Gasteiger partial charge in [0.05, 0.1) is 5.02 Å². The number of alkyl halides is 2. The van der Waals surface area contributed by atoms with Crippen LogP contribution in [0.5, 0.6) is 5.75 Å². The number of hydrogen-bond donors (Lipinski definition) is 2. The predicted molar refractivity (Wildman–Crippen MR) is 77.8 cm³/mol. The van der Waals surface area contributed by atoms with Crippen molar-refractivity contribution in [3.05, 3.63) is 57.0 Å².